The van der Waals surface area contributed by atoms with Crippen LogP contribution < -0.4 is 21.1 Å². The number of fused-ring (bicyclic) bond motifs is 1. The van der Waals surface area contributed by atoms with Crippen LogP contribution in [0.2, 0.25) is 0 Å². The average molecular weight is 428 g/mol. The molecule has 0 aliphatic heterocycles. The lowest BCUT2D eigenvalue weighted by Gasteiger charge is -2.16. The summed E-state index contributed by atoms with van der Waals surface area (Å²) in [5, 5.41) is 6.39. The lowest BCUT2D eigenvalue weighted by atomic mass is 10.1. The third-order valence-electron chi connectivity index (χ3n) is 5.14. The molecule has 0 aliphatic rings. The third-order valence-corrected chi connectivity index (χ3v) is 5.14. The van der Waals surface area contributed by atoms with Gasteiger partial charge in [-0.05, 0) is 60.9 Å². The van der Waals surface area contributed by atoms with Crippen molar-refractivity contribution in [2.75, 3.05) is 17.7 Å². The molecule has 0 fully saturated rings. The molecular formula is C25H24N4O3. The van der Waals surface area contributed by atoms with E-state index in [1.807, 2.05) is 73.7 Å². The molecule has 1 heterocycles. The number of anilines is 2. The second kappa shape index (κ2) is 9.34. The Balaban J connectivity index is 1.65. The van der Waals surface area contributed by atoms with Gasteiger partial charge in [0.1, 0.15) is 11.6 Å². The molecule has 0 spiro atoms. The molecule has 0 radical (unpaired) electrons. The number of hydrogen-bond acceptors (Lipinski definition) is 4. The lowest BCUT2D eigenvalue weighted by Crippen LogP contribution is -2.30. The van der Waals surface area contributed by atoms with Crippen LogP contribution in [0.5, 0.6) is 5.75 Å². The highest BCUT2D eigenvalue weighted by atomic mass is 16.5. The van der Waals surface area contributed by atoms with Crippen LogP contribution >= 0.6 is 0 Å². The molecule has 1 aromatic heterocycles. The molecule has 2 N–H and O–H groups in total. The summed E-state index contributed by atoms with van der Waals surface area (Å²) in [6.45, 7) is 2.31. The average Bonchev–Trinajstić information content (AvgIpc) is 2.78. The van der Waals surface area contributed by atoms with Crippen molar-refractivity contribution in [3.8, 4) is 5.75 Å². The number of para-hydroxylation sites is 1. The molecule has 7 nitrogen and oxygen atoms in total. The second-order valence-electron chi connectivity index (χ2n) is 7.46. The van der Waals surface area contributed by atoms with E-state index in [2.05, 4.69) is 15.6 Å². The smallest absolute Gasteiger partial charge is 0.349 e. The number of urea groups is 1. The zero-order valence-corrected chi connectivity index (χ0v) is 18.0. The van der Waals surface area contributed by atoms with Crippen LogP contribution in [-0.2, 0) is 13.0 Å². The molecule has 3 aromatic carbocycles. The number of carbonyl (C=O) groups excluding carboxylic acids is 1. The van der Waals surface area contributed by atoms with Gasteiger partial charge in [-0.15, -0.1) is 0 Å². The number of rotatable bonds is 6. The van der Waals surface area contributed by atoms with Gasteiger partial charge in [0, 0.05) is 17.6 Å². The molecule has 0 unspecified atom stereocenters. The maximum absolute atomic E-state index is 12.8. The first-order valence-electron chi connectivity index (χ1n) is 10.3. The lowest BCUT2D eigenvalue weighted by molar-refractivity contribution is 0.262. The fraction of sp³-hybridized carbons (Fsp3) is 0.160. The molecule has 0 bridgehead atoms. The monoisotopic (exact) mass is 428 g/mol. The number of aromatic nitrogens is 2. The summed E-state index contributed by atoms with van der Waals surface area (Å²) in [5.74, 6) is 1.16. The molecule has 0 saturated carbocycles. The SMILES string of the molecule is COc1cccc(CCn2c(NC(=O)Nc3cccc(C)c3)c3ccccc3nc2=O)c1. The van der Waals surface area contributed by atoms with Crippen LogP contribution in [-0.4, -0.2) is 22.7 Å². The van der Waals surface area contributed by atoms with E-state index >= 15 is 0 Å². The summed E-state index contributed by atoms with van der Waals surface area (Å²) in [4.78, 5) is 29.8. The Morgan fingerprint density at radius 3 is 2.62 bits per heavy atom. The number of carbonyl (C=O) groups is 1. The highest BCUT2D eigenvalue weighted by Gasteiger charge is 2.14. The molecule has 4 rings (SSSR count). The summed E-state index contributed by atoms with van der Waals surface area (Å²) in [6.07, 6.45) is 0.575. The Hall–Kier alpha value is -4.13. The molecule has 0 saturated heterocycles. The minimum absolute atomic E-state index is 0.351. The number of benzene rings is 3. The largest absolute Gasteiger partial charge is 0.497 e. The van der Waals surface area contributed by atoms with E-state index in [4.69, 9.17) is 4.74 Å². The summed E-state index contributed by atoms with van der Waals surface area (Å²) >= 11 is 0. The summed E-state index contributed by atoms with van der Waals surface area (Å²) < 4.78 is 6.78. The number of nitrogens with one attached hydrogen (secondary N) is 2. The van der Waals surface area contributed by atoms with Crippen LogP contribution in [0.4, 0.5) is 16.3 Å². The first kappa shape index (κ1) is 21.1. The van der Waals surface area contributed by atoms with Crippen LogP contribution in [0.15, 0.2) is 77.6 Å². The van der Waals surface area contributed by atoms with Gasteiger partial charge in [0.2, 0.25) is 0 Å². The van der Waals surface area contributed by atoms with Crippen LogP contribution in [0, 0.1) is 6.92 Å². The number of methoxy groups -OCH3 is 1. The number of aryl methyl sites for hydroxylation is 2. The Labute approximate surface area is 185 Å². The van der Waals surface area contributed by atoms with Crippen molar-refractivity contribution in [2.45, 2.75) is 19.9 Å². The molecule has 7 heteroatoms. The van der Waals surface area contributed by atoms with E-state index in [0.717, 1.165) is 16.9 Å². The molecule has 2 amide bonds. The molecule has 0 aliphatic carbocycles. The summed E-state index contributed by atoms with van der Waals surface area (Å²) in [7, 11) is 1.62. The normalized spacial score (nSPS) is 10.7. The van der Waals surface area contributed by atoms with Gasteiger partial charge >= 0.3 is 11.7 Å². The Bertz CT molecular complexity index is 1330. The van der Waals surface area contributed by atoms with E-state index in [1.165, 1.54) is 4.57 Å². The second-order valence-corrected chi connectivity index (χ2v) is 7.46. The number of hydrogen-bond donors (Lipinski definition) is 2. The fourth-order valence-corrected chi connectivity index (χ4v) is 3.58. The standard InChI is InChI=1S/C25H24N4O3/c1-17-7-5-9-19(15-17)26-24(30)28-23-21-11-3-4-12-22(21)27-25(31)29(23)14-13-18-8-6-10-20(16-18)32-2/h3-12,15-16H,13-14H2,1-2H3,(H2,26,28,30). The summed E-state index contributed by atoms with van der Waals surface area (Å²) in [6, 6.07) is 22.0. The van der Waals surface area contributed by atoms with Gasteiger partial charge < -0.3 is 10.1 Å². The van der Waals surface area contributed by atoms with Crippen molar-refractivity contribution >= 4 is 28.4 Å². The number of ether oxygens (including phenoxy) is 1. The van der Waals surface area contributed by atoms with Crippen molar-refractivity contribution in [1.82, 2.24) is 9.55 Å². The van der Waals surface area contributed by atoms with Crippen molar-refractivity contribution in [3.05, 3.63) is 94.4 Å². The van der Waals surface area contributed by atoms with E-state index in [1.54, 1.807) is 13.2 Å². The van der Waals surface area contributed by atoms with Crippen molar-refractivity contribution < 1.29 is 9.53 Å². The van der Waals surface area contributed by atoms with Crippen molar-refractivity contribution in [1.29, 1.82) is 0 Å². The van der Waals surface area contributed by atoms with Gasteiger partial charge in [-0.2, -0.15) is 4.98 Å². The number of amides is 2. The van der Waals surface area contributed by atoms with E-state index in [9.17, 15) is 9.59 Å². The fourth-order valence-electron chi connectivity index (χ4n) is 3.58. The van der Waals surface area contributed by atoms with Gasteiger partial charge in [0.05, 0.1) is 12.6 Å². The quantitative estimate of drug-likeness (QED) is 0.470. The predicted octanol–water partition coefficient (Wildman–Crippen LogP) is 4.60. The van der Waals surface area contributed by atoms with Crippen LogP contribution in [0.1, 0.15) is 11.1 Å². The highest BCUT2D eigenvalue weighted by molar-refractivity contribution is 6.04. The van der Waals surface area contributed by atoms with Crippen LogP contribution in [0.3, 0.4) is 0 Å². The van der Waals surface area contributed by atoms with Gasteiger partial charge in [-0.25, -0.2) is 9.59 Å². The van der Waals surface area contributed by atoms with E-state index in [-0.39, 0.29) is 0 Å². The predicted molar refractivity (Wildman–Crippen MR) is 127 cm³/mol. The van der Waals surface area contributed by atoms with Crippen molar-refractivity contribution in [3.63, 3.8) is 0 Å². The van der Waals surface area contributed by atoms with Gasteiger partial charge in [0.15, 0.2) is 0 Å². The van der Waals surface area contributed by atoms with E-state index < -0.39 is 11.7 Å². The Morgan fingerprint density at radius 2 is 1.81 bits per heavy atom. The minimum Gasteiger partial charge on any atom is -0.497 e. The zero-order valence-electron chi connectivity index (χ0n) is 18.0. The molecule has 162 valence electrons. The Morgan fingerprint density at radius 1 is 1.00 bits per heavy atom. The van der Waals surface area contributed by atoms with Crippen LogP contribution in [0.25, 0.3) is 10.9 Å². The maximum atomic E-state index is 12.8. The molecular weight excluding hydrogens is 404 g/mol. The first-order valence-corrected chi connectivity index (χ1v) is 10.3. The number of nitrogens with zero attached hydrogens (tertiary/aromatic N) is 2. The minimum atomic E-state index is -0.429. The molecule has 4 aromatic rings. The zero-order chi connectivity index (χ0) is 22.5. The molecule has 0 atom stereocenters. The Kier molecular flexibility index (Phi) is 6.17. The first-order chi connectivity index (χ1) is 15.5. The third kappa shape index (κ3) is 4.78. The summed E-state index contributed by atoms with van der Waals surface area (Å²) in [5.41, 5.74) is 2.83. The van der Waals surface area contributed by atoms with Crippen molar-refractivity contribution in [2.24, 2.45) is 0 Å². The maximum Gasteiger partial charge on any atom is 0.349 e. The van der Waals surface area contributed by atoms with E-state index in [0.29, 0.717) is 35.4 Å². The van der Waals surface area contributed by atoms with Gasteiger partial charge in [0.25, 0.3) is 0 Å². The molecule has 32 heavy (non-hydrogen) atoms. The van der Waals surface area contributed by atoms with Gasteiger partial charge in [-0.3, -0.25) is 9.88 Å². The van der Waals surface area contributed by atoms with Gasteiger partial charge in [-0.1, -0.05) is 36.4 Å². The topological polar surface area (TPSA) is 85.2 Å². The highest BCUT2D eigenvalue weighted by Crippen LogP contribution is 2.21.